The molecule has 2 heterocycles. The lowest BCUT2D eigenvalue weighted by Gasteiger charge is -2.50. The molecule has 4 rings (SSSR count). The van der Waals surface area contributed by atoms with E-state index in [-0.39, 0.29) is 104 Å². The van der Waals surface area contributed by atoms with E-state index in [0.29, 0.717) is 91.5 Å². The number of aromatic amines is 1. The van der Waals surface area contributed by atoms with Gasteiger partial charge < -0.3 is 40.0 Å². The summed E-state index contributed by atoms with van der Waals surface area (Å²) < 4.78 is 19.5. The van der Waals surface area contributed by atoms with Gasteiger partial charge in [0.2, 0.25) is 11.8 Å². The fourth-order valence-electron chi connectivity index (χ4n) is 14.5. The zero-order valence-corrected chi connectivity index (χ0v) is 60.4. The van der Waals surface area contributed by atoms with Crippen molar-refractivity contribution in [2.75, 3.05) is 17.7 Å². The number of anilines is 1. The highest BCUT2D eigenvalue weighted by Gasteiger charge is 2.51. The number of hydrogen-bond acceptors (Lipinski definition) is 12. The van der Waals surface area contributed by atoms with Crippen LogP contribution in [0.3, 0.4) is 0 Å². The van der Waals surface area contributed by atoms with Gasteiger partial charge in [0.05, 0.1) is 18.7 Å². The predicted molar refractivity (Wildman–Crippen MR) is 363 cm³/mol. The third kappa shape index (κ3) is 19.0. The molecule has 2 amide bonds. The van der Waals surface area contributed by atoms with Crippen molar-refractivity contribution >= 4 is 71.2 Å². The third-order valence-electron chi connectivity index (χ3n) is 20.4. The molecule has 2 saturated carbocycles. The molecule has 5 N–H and O–H groups in total. The first-order valence-electron chi connectivity index (χ1n) is 33.7. The van der Waals surface area contributed by atoms with Gasteiger partial charge >= 0.3 is 29.8 Å². The molecule has 1 aromatic heterocycles. The van der Waals surface area contributed by atoms with Gasteiger partial charge in [-0.3, -0.25) is 19.2 Å². The van der Waals surface area contributed by atoms with Crippen molar-refractivity contribution in [3.05, 3.63) is 45.8 Å². The summed E-state index contributed by atoms with van der Waals surface area (Å²) in [6, 6.07) is 0. The van der Waals surface area contributed by atoms with Crippen LogP contribution in [-0.4, -0.2) is 92.5 Å². The Hall–Kier alpha value is -5.19. The zero-order valence-electron chi connectivity index (χ0n) is 59.6. The molecule has 16 nitrogen and oxygen atoms in total. The maximum Gasteiger partial charge on any atom is 0.342 e. The standard InChI is InChI=1S/C73H118N4O12S/c1-25-72(26-2,31-29-33-87-63(82)43(9)10)66(85)76-60-56(64(83)88-58-46(68(13,14)15)35-44(11)36-47(58)69(16,17)18)54(41(5)6)50(74-60)39-51-55(42(7)8)57(65(84)89-59-48(70(19,20)21)37-45(12)38-49(59)71(22,23)24)61(75-51)77-67(86)73(27-3,28-4)32-30-34-90-52(62(80)81)40-53(78)79/h39,41-42,44-49,52,58-59,75H,9,25-38,40H2,1-8,10-24H3,(H,77,86)(H,78,79)(H,80,81)(H,74,76,85)/b50-39-. The van der Waals surface area contributed by atoms with Crippen LogP contribution in [0.25, 0.3) is 6.08 Å². The van der Waals surface area contributed by atoms with Crippen molar-refractivity contribution in [3.8, 4) is 0 Å². The topological polar surface area (TPSA) is 240 Å². The first kappa shape index (κ1) is 77.3. The minimum absolute atomic E-state index is 0.00312. The molecule has 1 aliphatic heterocycles. The molecule has 5 atom stereocenters. The molecular weight excluding hydrogens is 1160 g/mol. The van der Waals surface area contributed by atoms with E-state index in [1.807, 2.05) is 61.5 Å². The number of carbonyl (C=O) groups excluding carboxylic acids is 5. The van der Waals surface area contributed by atoms with Crippen molar-refractivity contribution in [2.24, 2.45) is 78.9 Å². The number of nitrogens with one attached hydrogen (secondary N) is 3. The maximum atomic E-state index is 15.8. The van der Waals surface area contributed by atoms with Crippen LogP contribution in [0.4, 0.5) is 5.82 Å². The van der Waals surface area contributed by atoms with Crippen LogP contribution in [0, 0.1) is 73.9 Å². The number of allylic oxidation sites excluding steroid dienone is 1. The Morgan fingerprint density at radius 3 is 1.49 bits per heavy atom. The minimum Gasteiger partial charge on any atom is -0.481 e. The molecule has 0 spiro atoms. The van der Waals surface area contributed by atoms with E-state index in [1.165, 1.54) is 0 Å². The van der Waals surface area contributed by atoms with E-state index in [9.17, 15) is 24.6 Å². The summed E-state index contributed by atoms with van der Waals surface area (Å²) in [5.74, 6) is -4.23. The molecule has 0 radical (unpaired) electrons. The second-order valence-electron chi connectivity index (χ2n) is 31.9. The van der Waals surface area contributed by atoms with Gasteiger partial charge in [0.25, 0.3) is 0 Å². The van der Waals surface area contributed by atoms with Crippen molar-refractivity contribution in [1.82, 2.24) is 10.3 Å². The molecule has 0 aromatic carbocycles. The maximum absolute atomic E-state index is 15.8. The van der Waals surface area contributed by atoms with Gasteiger partial charge in [0.1, 0.15) is 40.2 Å². The van der Waals surface area contributed by atoms with E-state index < -0.39 is 64.6 Å². The number of hydrogen-bond donors (Lipinski definition) is 5. The molecule has 3 aliphatic rings. The van der Waals surface area contributed by atoms with E-state index in [2.05, 4.69) is 119 Å². The Balaban J connectivity index is 2.09. The monoisotopic (exact) mass is 1270 g/mol. The van der Waals surface area contributed by atoms with Gasteiger partial charge in [-0.15, -0.1) is 11.8 Å². The summed E-state index contributed by atoms with van der Waals surface area (Å²) >= 11 is 1.04. The van der Waals surface area contributed by atoms with E-state index in [1.54, 1.807) is 6.92 Å². The van der Waals surface area contributed by atoms with E-state index in [4.69, 9.17) is 19.2 Å². The number of amides is 2. The lowest BCUT2D eigenvalue weighted by molar-refractivity contribution is -0.164. The molecule has 2 aliphatic carbocycles. The van der Waals surface area contributed by atoms with Crippen LogP contribution in [0.5, 0.6) is 0 Å². The summed E-state index contributed by atoms with van der Waals surface area (Å²) in [6.07, 6.45) is 7.02. The molecule has 1 aromatic rings. The van der Waals surface area contributed by atoms with Gasteiger partial charge in [0.15, 0.2) is 0 Å². The van der Waals surface area contributed by atoms with Crippen LogP contribution in [-0.2, 0) is 43.0 Å². The number of H-pyrrole nitrogens is 1. The lowest BCUT2D eigenvalue weighted by Crippen LogP contribution is -2.50. The number of carbonyl (C=O) groups is 7. The van der Waals surface area contributed by atoms with Crippen LogP contribution >= 0.6 is 11.8 Å². The first-order chi connectivity index (χ1) is 41.4. The smallest absolute Gasteiger partial charge is 0.342 e. The number of nitrogens with zero attached hydrogens (tertiary/aromatic N) is 1. The lowest BCUT2D eigenvalue weighted by atomic mass is 9.59. The predicted octanol–water partition coefficient (Wildman–Crippen LogP) is 16.8. The van der Waals surface area contributed by atoms with Crippen LogP contribution < -0.4 is 10.6 Å². The van der Waals surface area contributed by atoms with Crippen LogP contribution in [0.2, 0.25) is 0 Å². The number of aromatic nitrogens is 1. The van der Waals surface area contributed by atoms with Gasteiger partial charge in [-0.05, 0) is 152 Å². The zero-order chi connectivity index (χ0) is 68.6. The molecule has 508 valence electrons. The fraction of sp³-hybridized carbons (Fsp3) is 0.753. The van der Waals surface area contributed by atoms with Crippen molar-refractivity contribution in [3.63, 3.8) is 0 Å². The first-order valence-corrected chi connectivity index (χ1v) is 34.7. The Bertz CT molecular complexity index is 2790. The van der Waals surface area contributed by atoms with E-state index in [0.717, 1.165) is 37.4 Å². The van der Waals surface area contributed by atoms with Gasteiger partial charge in [0, 0.05) is 45.8 Å². The summed E-state index contributed by atoms with van der Waals surface area (Å²) in [4.78, 5) is 107. The normalized spacial score (nSPS) is 22.9. The van der Waals surface area contributed by atoms with Crippen LogP contribution in [0.1, 0.15) is 270 Å². The number of rotatable bonds is 27. The molecular formula is C73H118N4O12S. The molecule has 5 unspecified atom stereocenters. The highest BCUT2D eigenvalue weighted by molar-refractivity contribution is 8.00. The Labute approximate surface area is 545 Å². The van der Waals surface area contributed by atoms with Gasteiger partial charge in [-0.1, -0.05) is 159 Å². The van der Waals surface area contributed by atoms with Crippen molar-refractivity contribution < 1.29 is 58.0 Å². The molecule has 0 bridgehead atoms. The molecule has 90 heavy (non-hydrogen) atoms. The van der Waals surface area contributed by atoms with Gasteiger partial charge in [-0.2, -0.15) is 0 Å². The Morgan fingerprint density at radius 2 is 1.10 bits per heavy atom. The highest BCUT2D eigenvalue weighted by Crippen LogP contribution is 2.53. The third-order valence-corrected chi connectivity index (χ3v) is 21.6. The number of aliphatic imine (C=N–C) groups is 1. The fourth-order valence-corrected chi connectivity index (χ4v) is 15.5. The summed E-state index contributed by atoms with van der Waals surface area (Å²) in [5.41, 5.74) is -0.367. The van der Waals surface area contributed by atoms with Crippen molar-refractivity contribution in [1.29, 1.82) is 0 Å². The number of ether oxygens (including phenoxy) is 3. The number of carboxylic acids is 2. The number of amidine groups is 1. The summed E-state index contributed by atoms with van der Waals surface area (Å²) in [5, 5.41) is 24.5. The SMILES string of the molecule is C=C(C)C(=O)OCCCC(CC)(CC)C(=O)NC1=N/C(=C\c2[nH]c(NC(=O)C(CC)(CC)CCCSC(CC(=O)O)C(=O)O)c(C(=O)OC3C(C(C)(C)C)CC(C)CC3C(C)(C)C)c2C(C)C)C(C(C)C)=C1C(=O)OC1C(C(C)(C)C)CC(C)CC1C(C)(C)C. The second-order valence-corrected chi connectivity index (χ2v) is 33.2. The van der Waals surface area contributed by atoms with E-state index >= 15 is 19.2 Å². The molecule has 17 heteroatoms. The van der Waals surface area contributed by atoms with Gasteiger partial charge in [-0.25, -0.2) is 19.4 Å². The largest absolute Gasteiger partial charge is 0.481 e. The highest BCUT2D eigenvalue weighted by atomic mass is 32.2. The number of carboxylic acid groups (broad SMARTS) is 2. The second kappa shape index (κ2) is 31.2. The molecule has 2 fully saturated rings. The average molecular weight is 1280 g/mol. The Kier molecular flexibility index (Phi) is 26.7. The number of aliphatic carboxylic acids is 2. The quantitative estimate of drug-likeness (QED) is 0.0239. The Morgan fingerprint density at radius 1 is 0.667 bits per heavy atom. The average Bonchev–Trinajstić information content (AvgIpc) is 1.43. The number of esters is 3. The minimum atomic E-state index is -1.21. The summed E-state index contributed by atoms with van der Waals surface area (Å²) in [6.45, 7) is 52.0. The van der Waals surface area contributed by atoms with Crippen molar-refractivity contribution in [2.45, 2.75) is 266 Å². The summed E-state index contributed by atoms with van der Waals surface area (Å²) in [7, 11) is 0. The van der Waals surface area contributed by atoms with Crippen LogP contribution in [0.15, 0.2) is 34.0 Å². The number of thioether (sulfide) groups is 1. The molecule has 0 saturated heterocycles.